The van der Waals surface area contributed by atoms with Crippen molar-refractivity contribution in [3.63, 3.8) is 0 Å². The van der Waals surface area contributed by atoms with Gasteiger partial charge in [0.1, 0.15) is 0 Å². The van der Waals surface area contributed by atoms with Crippen molar-refractivity contribution in [1.82, 2.24) is 0 Å². The number of hydrogen-bond acceptors (Lipinski definition) is 3. The summed E-state index contributed by atoms with van der Waals surface area (Å²) in [6, 6.07) is 102. The molecule has 0 aromatic heterocycles. The normalized spacial score (nSPS) is 24.4. The number of anilines is 6. The molecule has 3 fully saturated rings. The van der Waals surface area contributed by atoms with Crippen molar-refractivity contribution in [1.29, 1.82) is 0 Å². The summed E-state index contributed by atoms with van der Waals surface area (Å²) < 4.78 is 0. The van der Waals surface area contributed by atoms with E-state index in [1.807, 2.05) is 0 Å². The van der Waals surface area contributed by atoms with Crippen LogP contribution in [0.15, 0.2) is 261 Å². The van der Waals surface area contributed by atoms with Gasteiger partial charge in [-0.25, -0.2) is 0 Å². The van der Waals surface area contributed by atoms with E-state index in [0.717, 1.165) is 25.7 Å². The number of fused-ring (bicyclic) bond motifs is 15. The number of para-hydroxylation sites is 3. The zero-order chi connectivity index (χ0) is 65.4. The molecule has 0 N–H and O–H groups in total. The smallest absolute Gasteiger partial charge is 0.0517 e. The van der Waals surface area contributed by atoms with Gasteiger partial charge in [0, 0.05) is 50.4 Å². The third-order valence-electron chi connectivity index (χ3n) is 27.4. The van der Waals surface area contributed by atoms with Gasteiger partial charge in [-0.3, -0.25) is 0 Å². The van der Waals surface area contributed by atoms with Crippen molar-refractivity contribution in [2.75, 3.05) is 14.7 Å². The van der Waals surface area contributed by atoms with Gasteiger partial charge in [-0.15, -0.1) is 0 Å². The van der Waals surface area contributed by atoms with Gasteiger partial charge < -0.3 is 14.7 Å². The van der Waals surface area contributed by atoms with Gasteiger partial charge in [0.2, 0.25) is 0 Å². The van der Waals surface area contributed by atoms with Gasteiger partial charge in [0.05, 0.1) is 16.6 Å². The molecule has 0 amide bonds. The maximum absolute atomic E-state index is 2.71. The molecule has 15 aromatic carbocycles. The van der Waals surface area contributed by atoms with Crippen LogP contribution in [0.4, 0.5) is 34.1 Å². The summed E-state index contributed by atoms with van der Waals surface area (Å²) >= 11 is 0. The lowest BCUT2D eigenvalue weighted by Crippen LogP contribution is -2.48. The van der Waals surface area contributed by atoms with E-state index < -0.39 is 0 Å². The zero-order valence-electron chi connectivity index (χ0n) is 57.0. The summed E-state index contributed by atoms with van der Waals surface area (Å²) in [4.78, 5) is 8.11. The third-order valence-corrected chi connectivity index (χ3v) is 27.4. The molecule has 15 aromatic rings. The molecule has 474 valence electrons. The lowest BCUT2D eigenvalue weighted by molar-refractivity contribution is 0.330. The highest BCUT2D eigenvalue weighted by Gasteiger charge is 2.62. The van der Waals surface area contributed by atoms with Gasteiger partial charge in [-0.1, -0.05) is 228 Å². The fourth-order valence-corrected chi connectivity index (χ4v) is 22.2. The van der Waals surface area contributed by atoms with Gasteiger partial charge >= 0.3 is 0 Å². The van der Waals surface area contributed by atoms with E-state index in [0.29, 0.717) is 0 Å². The van der Waals surface area contributed by atoms with Crippen LogP contribution < -0.4 is 14.7 Å². The minimum atomic E-state index is -0.0528. The van der Waals surface area contributed by atoms with Gasteiger partial charge in [-0.2, -0.15) is 0 Å². The minimum absolute atomic E-state index is 0.0127. The molecule has 6 unspecified atom stereocenters. The predicted octanol–water partition coefficient (Wildman–Crippen LogP) is 25.9. The Bertz CT molecular complexity index is 5590. The number of nitrogens with zero attached hydrogens (tertiary/aromatic N) is 3. The predicted molar refractivity (Wildman–Crippen MR) is 416 cm³/mol. The molecule has 0 spiro atoms. The van der Waals surface area contributed by atoms with E-state index in [1.54, 1.807) is 0 Å². The standard InChI is InChI=1S/C95H79N3/c1-90-50-23-53-93(90,4)96(64-30-16-9-17-31-64)78-47-38-61(56-75(78)90)67-41-44-72-83-70(67)36-22-37-71(83)86-81(59-26-12-7-13-27-59)88-73-45-42-68(62-39-48-79-76(57-62)91(2)51-24-54-94(91,5)97(79)65-32-18-10-19-33-65)84-69(43-46-74(85(73)84)89(88)82(87(72)86)60-28-14-8-15-29-60)63-40-49-80-77(58-63)92(3)52-25-55-95(92,6)98(80)66-34-20-11-21-35-66/h7-22,26-49,56-58H,23-25,50-55H2,1-6H3. The van der Waals surface area contributed by atoms with Crippen LogP contribution in [0.1, 0.15) is 116 Å². The molecule has 6 aliphatic rings. The molecule has 6 atom stereocenters. The Hall–Kier alpha value is -10.2. The molecule has 98 heavy (non-hydrogen) atoms. The van der Waals surface area contributed by atoms with E-state index in [4.69, 9.17) is 0 Å². The summed E-state index contributed by atoms with van der Waals surface area (Å²) in [6.07, 6.45) is 10.6. The van der Waals surface area contributed by atoms with Crippen LogP contribution in [-0.2, 0) is 16.2 Å². The summed E-state index contributed by atoms with van der Waals surface area (Å²) in [7, 11) is 0. The molecule has 3 heterocycles. The molecule has 3 saturated carbocycles. The second-order valence-electron chi connectivity index (χ2n) is 31.5. The van der Waals surface area contributed by atoms with Gasteiger partial charge in [0.25, 0.3) is 0 Å². The molecule has 0 saturated heterocycles. The minimum Gasteiger partial charge on any atom is -0.334 e. The van der Waals surface area contributed by atoms with Crippen molar-refractivity contribution >= 4 is 98.8 Å². The quantitative estimate of drug-likeness (QED) is 0.150. The molecule has 3 aliphatic carbocycles. The van der Waals surface area contributed by atoms with Crippen LogP contribution in [0, 0.1) is 0 Å². The molecule has 3 heteroatoms. The lowest BCUT2D eigenvalue weighted by Gasteiger charge is -2.42. The summed E-state index contributed by atoms with van der Waals surface area (Å²) in [5.41, 5.74) is 25.0. The first-order chi connectivity index (χ1) is 47.9. The first-order valence-corrected chi connectivity index (χ1v) is 36.4. The highest BCUT2D eigenvalue weighted by atomic mass is 15.3. The van der Waals surface area contributed by atoms with E-state index in [9.17, 15) is 0 Å². The Morgan fingerprint density at radius 1 is 0.235 bits per heavy atom. The average molecular weight is 1260 g/mol. The van der Waals surface area contributed by atoms with Crippen molar-refractivity contribution < 1.29 is 0 Å². The topological polar surface area (TPSA) is 9.72 Å². The Morgan fingerprint density at radius 3 is 0.929 bits per heavy atom. The highest BCUT2D eigenvalue weighted by molar-refractivity contribution is 6.47. The molecule has 0 bridgehead atoms. The van der Waals surface area contributed by atoms with Crippen molar-refractivity contribution in [3.8, 4) is 55.6 Å². The average Bonchev–Trinajstić information content (AvgIpc) is 1.53. The molecule has 0 radical (unpaired) electrons. The first kappa shape index (κ1) is 56.9. The van der Waals surface area contributed by atoms with Crippen molar-refractivity contribution in [3.05, 3.63) is 278 Å². The fraction of sp³-hybridized carbons (Fsp3) is 0.221. The number of benzene rings is 13. The largest absolute Gasteiger partial charge is 0.334 e. The second kappa shape index (κ2) is 19.8. The maximum Gasteiger partial charge on any atom is 0.0517 e. The first-order valence-electron chi connectivity index (χ1n) is 36.4. The summed E-state index contributed by atoms with van der Waals surface area (Å²) in [5.74, 6) is 0. The Kier molecular flexibility index (Phi) is 11.5. The number of rotatable bonds is 8. The Labute approximate surface area is 575 Å². The van der Waals surface area contributed by atoms with Crippen LogP contribution in [-0.4, -0.2) is 16.6 Å². The SMILES string of the molecule is CC12CCCC1(C)N(c1ccccc1)c1ccc(-c3ccc4c5c(-c6ccccc6)c6c7ccc(-c8ccc9c(c8)C8(C)CCCC8(C)N9c8ccccc8)c8c(-c9ccc%10c(c9)C9(C)CCCC9(C)N%10c9ccccc9)ccc(c6c(-c6ccccc6)c5c5cccc3c54)c87)cc12. The van der Waals surface area contributed by atoms with Crippen LogP contribution in [0.25, 0.3) is 120 Å². The van der Waals surface area contributed by atoms with Crippen molar-refractivity contribution in [2.24, 2.45) is 0 Å². The molecular formula is C95H79N3. The molecular weight excluding hydrogens is 1180 g/mol. The number of hydrogen-bond donors (Lipinski definition) is 0. The maximum atomic E-state index is 2.71. The Morgan fingerprint density at radius 2 is 0.551 bits per heavy atom. The van der Waals surface area contributed by atoms with E-state index in [2.05, 4.69) is 317 Å². The van der Waals surface area contributed by atoms with Crippen molar-refractivity contribution in [2.45, 2.75) is 132 Å². The van der Waals surface area contributed by atoms with Crippen LogP contribution >= 0.6 is 0 Å². The van der Waals surface area contributed by atoms with E-state index in [-0.39, 0.29) is 32.9 Å². The van der Waals surface area contributed by atoms with Crippen LogP contribution in [0.2, 0.25) is 0 Å². The van der Waals surface area contributed by atoms with Crippen LogP contribution in [0.5, 0.6) is 0 Å². The summed E-state index contributed by atoms with van der Waals surface area (Å²) in [5, 5.41) is 15.9. The second-order valence-corrected chi connectivity index (χ2v) is 31.5. The fourth-order valence-electron chi connectivity index (χ4n) is 22.2. The van der Waals surface area contributed by atoms with Gasteiger partial charge in [-0.05, 0) is 269 Å². The van der Waals surface area contributed by atoms with Gasteiger partial charge in [0.15, 0.2) is 0 Å². The van der Waals surface area contributed by atoms with E-state index in [1.165, 1.54) is 203 Å². The zero-order valence-corrected chi connectivity index (χ0v) is 57.0. The monoisotopic (exact) mass is 1260 g/mol. The molecule has 3 nitrogen and oxygen atoms in total. The molecule has 21 rings (SSSR count). The lowest BCUT2D eigenvalue weighted by atomic mass is 9.71. The van der Waals surface area contributed by atoms with Crippen LogP contribution in [0.3, 0.4) is 0 Å². The summed E-state index contributed by atoms with van der Waals surface area (Å²) in [6.45, 7) is 15.3. The van der Waals surface area contributed by atoms with E-state index >= 15 is 0 Å². The third kappa shape index (κ3) is 7.00. The Balaban J connectivity index is 0.856. The molecule has 3 aliphatic heterocycles. The highest BCUT2D eigenvalue weighted by Crippen LogP contribution is 2.67.